The lowest BCUT2D eigenvalue weighted by atomic mass is 10.6. The zero-order chi connectivity index (χ0) is 12.5. The molecular formula is C4HF9O2. The second-order valence-electron chi connectivity index (χ2n) is 1.99. The normalized spacial score (nSPS) is 16.6. The van der Waals surface area contributed by atoms with E-state index in [-0.39, 0.29) is 0 Å². The van der Waals surface area contributed by atoms with Gasteiger partial charge in [-0.05, 0) is 0 Å². The molecule has 0 saturated carbocycles. The van der Waals surface area contributed by atoms with E-state index in [9.17, 15) is 39.5 Å². The lowest BCUT2D eigenvalue weighted by Gasteiger charge is -2.22. The maximum atomic E-state index is 11.9. The number of ether oxygens (including phenoxy) is 2. The monoisotopic (exact) mass is 252 g/mol. The van der Waals surface area contributed by atoms with Crippen LogP contribution in [0.3, 0.4) is 0 Å². The van der Waals surface area contributed by atoms with Gasteiger partial charge in [0.25, 0.3) is 6.36 Å². The fourth-order valence-electron chi connectivity index (χ4n) is 0.387. The average Bonchev–Trinajstić information content (AvgIpc) is 1.75. The lowest BCUT2D eigenvalue weighted by Crippen LogP contribution is -2.42. The molecule has 0 saturated heterocycles. The van der Waals surface area contributed by atoms with E-state index in [0.717, 1.165) is 0 Å². The molecule has 0 N–H and O–H groups in total. The van der Waals surface area contributed by atoms with Crippen LogP contribution in [0, 0.1) is 0 Å². The Morgan fingerprint density at radius 2 is 1.13 bits per heavy atom. The van der Waals surface area contributed by atoms with Crippen molar-refractivity contribution < 1.29 is 49.0 Å². The Morgan fingerprint density at radius 3 is 1.40 bits per heavy atom. The summed E-state index contributed by atoms with van der Waals surface area (Å²) >= 11 is 0. The van der Waals surface area contributed by atoms with Crippen molar-refractivity contribution in [1.82, 2.24) is 0 Å². The van der Waals surface area contributed by atoms with Crippen LogP contribution in [0.4, 0.5) is 39.5 Å². The highest BCUT2D eigenvalue weighted by Gasteiger charge is 2.55. The van der Waals surface area contributed by atoms with Crippen LogP contribution in [0.1, 0.15) is 0 Å². The van der Waals surface area contributed by atoms with Gasteiger partial charge in [0.2, 0.25) is 0 Å². The maximum absolute atomic E-state index is 11.9. The third kappa shape index (κ3) is 6.38. The molecule has 0 fully saturated rings. The molecule has 1 atom stereocenters. The van der Waals surface area contributed by atoms with Crippen LogP contribution in [0.5, 0.6) is 0 Å². The van der Waals surface area contributed by atoms with E-state index in [1.807, 2.05) is 4.74 Å². The number of hydrogen-bond acceptors (Lipinski definition) is 2. The van der Waals surface area contributed by atoms with Gasteiger partial charge in [0.05, 0.1) is 0 Å². The third-order valence-electron chi connectivity index (χ3n) is 0.753. The van der Waals surface area contributed by atoms with E-state index in [1.165, 1.54) is 0 Å². The first-order valence-corrected chi connectivity index (χ1v) is 2.87. The quantitative estimate of drug-likeness (QED) is 0.719. The zero-order valence-corrected chi connectivity index (χ0v) is 6.30. The van der Waals surface area contributed by atoms with E-state index in [2.05, 4.69) is 0 Å². The first-order valence-electron chi connectivity index (χ1n) is 2.87. The van der Waals surface area contributed by atoms with Crippen LogP contribution >= 0.6 is 0 Å². The molecule has 0 aliphatic rings. The Balaban J connectivity index is 4.46. The Bertz CT molecular complexity index is 205. The van der Waals surface area contributed by atoms with Gasteiger partial charge in [-0.3, -0.25) is 0 Å². The van der Waals surface area contributed by atoms with Gasteiger partial charge in [0.15, 0.2) is 0 Å². The number of alkyl halides is 9. The predicted octanol–water partition coefficient (Wildman–Crippen LogP) is 2.95. The predicted molar refractivity (Wildman–Crippen MR) is 24.1 cm³/mol. The second kappa shape index (κ2) is 4.04. The van der Waals surface area contributed by atoms with Crippen molar-refractivity contribution in [2.24, 2.45) is 0 Å². The van der Waals surface area contributed by atoms with Gasteiger partial charge in [-0.1, -0.05) is 0 Å². The van der Waals surface area contributed by atoms with E-state index in [0.29, 0.717) is 0 Å². The Hall–Kier alpha value is -0.710. The maximum Gasteiger partial charge on any atom is 0.527 e. The van der Waals surface area contributed by atoms with E-state index in [1.54, 1.807) is 4.74 Å². The molecule has 0 aliphatic carbocycles. The summed E-state index contributed by atoms with van der Waals surface area (Å²) in [6.07, 6.45) is -22.2. The number of hydrogen-bond donors (Lipinski definition) is 0. The highest BCUT2D eigenvalue weighted by molar-refractivity contribution is 4.58. The molecule has 0 aromatic carbocycles. The van der Waals surface area contributed by atoms with Crippen LogP contribution in [-0.2, 0) is 9.47 Å². The van der Waals surface area contributed by atoms with E-state index in [4.69, 9.17) is 0 Å². The molecule has 2 nitrogen and oxygen atoms in total. The van der Waals surface area contributed by atoms with Gasteiger partial charge >= 0.3 is 18.8 Å². The molecule has 11 heteroatoms. The molecule has 1 unspecified atom stereocenters. The molecule has 0 bridgehead atoms. The minimum Gasteiger partial charge on any atom is -0.248 e. The summed E-state index contributed by atoms with van der Waals surface area (Å²) in [4.78, 5) is 0. The van der Waals surface area contributed by atoms with E-state index < -0.39 is 25.2 Å². The van der Waals surface area contributed by atoms with Crippen molar-refractivity contribution in [3.8, 4) is 0 Å². The van der Waals surface area contributed by atoms with Crippen LogP contribution in [0.2, 0.25) is 0 Å². The van der Waals surface area contributed by atoms with Crippen molar-refractivity contribution in [1.29, 1.82) is 0 Å². The molecule has 0 rings (SSSR count). The van der Waals surface area contributed by atoms with Crippen LogP contribution < -0.4 is 0 Å². The van der Waals surface area contributed by atoms with Crippen LogP contribution in [0.15, 0.2) is 0 Å². The summed E-state index contributed by atoms with van der Waals surface area (Å²) in [6.45, 7) is 0. The molecule has 0 heterocycles. The SMILES string of the molecule is FC(OC(F)(F)F)C(F)(F)OC(F)(F)F. The standard InChI is InChI=1S/C4HF9O2/c5-1(14-3(8,9)10)2(6,7)15-4(11,12)13/h1H. The zero-order valence-electron chi connectivity index (χ0n) is 6.30. The first-order chi connectivity index (χ1) is 6.33. The van der Waals surface area contributed by atoms with Crippen LogP contribution in [-0.4, -0.2) is 25.2 Å². The van der Waals surface area contributed by atoms with Crippen molar-refractivity contribution in [2.75, 3.05) is 0 Å². The average molecular weight is 252 g/mol. The smallest absolute Gasteiger partial charge is 0.248 e. The van der Waals surface area contributed by atoms with Crippen molar-refractivity contribution in [3.63, 3.8) is 0 Å². The summed E-state index contributed by atoms with van der Waals surface area (Å²) in [5.74, 6) is 0. The molecule has 0 aromatic heterocycles. The molecule has 15 heavy (non-hydrogen) atoms. The van der Waals surface area contributed by atoms with Gasteiger partial charge in [-0.15, -0.1) is 26.3 Å². The highest BCUT2D eigenvalue weighted by atomic mass is 19.4. The van der Waals surface area contributed by atoms with Gasteiger partial charge in [-0.2, -0.15) is 8.78 Å². The fourth-order valence-corrected chi connectivity index (χ4v) is 0.387. The molecule has 92 valence electrons. The second-order valence-corrected chi connectivity index (χ2v) is 1.99. The number of halogens is 9. The highest BCUT2D eigenvalue weighted by Crippen LogP contribution is 2.35. The molecular weight excluding hydrogens is 251 g/mol. The Morgan fingerprint density at radius 1 is 0.733 bits per heavy atom. The molecule has 0 aromatic rings. The largest absolute Gasteiger partial charge is 0.527 e. The molecule has 0 amide bonds. The summed E-state index contributed by atoms with van der Waals surface area (Å²) in [7, 11) is 0. The summed E-state index contributed by atoms with van der Waals surface area (Å²) < 4.78 is 106. The van der Waals surface area contributed by atoms with Gasteiger partial charge in [0.1, 0.15) is 0 Å². The van der Waals surface area contributed by atoms with Gasteiger partial charge in [-0.25, -0.2) is 13.9 Å². The van der Waals surface area contributed by atoms with Gasteiger partial charge in [0, 0.05) is 0 Å². The third-order valence-corrected chi connectivity index (χ3v) is 0.753. The fraction of sp³-hybridized carbons (Fsp3) is 1.00. The first kappa shape index (κ1) is 14.3. The van der Waals surface area contributed by atoms with E-state index >= 15 is 0 Å². The summed E-state index contributed by atoms with van der Waals surface area (Å²) in [5, 5.41) is 0. The van der Waals surface area contributed by atoms with Crippen molar-refractivity contribution in [3.05, 3.63) is 0 Å². The van der Waals surface area contributed by atoms with Crippen molar-refractivity contribution in [2.45, 2.75) is 25.2 Å². The van der Waals surface area contributed by atoms with Crippen molar-refractivity contribution >= 4 is 0 Å². The summed E-state index contributed by atoms with van der Waals surface area (Å²) in [5.41, 5.74) is 0. The van der Waals surface area contributed by atoms with Gasteiger partial charge < -0.3 is 0 Å². The Labute approximate surface area is 75.6 Å². The van der Waals surface area contributed by atoms with Crippen LogP contribution in [0.25, 0.3) is 0 Å². The minimum atomic E-state index is -6.00. The molecule has 0 radical (unpaired) electrons. The topological polar surface area (TPSA) is 18.5 Å². The summed E-state index contributed by atoms with van der Waals surface area (Å²) in [6, 6.07) is 0. The Kier molecular flexibility index (Phi) is 3.85. The minimum absolute atomic E-state index is 1.80. The lowest BCUT2D eigenvalue weighted by molar-refractivity contribution is -0.482. The number of rotatable bonds is 3. The molecule has 0 aliphatic heterocycles. The molecule has 0 spiro atoms.